The predicted molar refractivity (Wildman–Crippen MR) is 222 cm³/mol. The molecule has 2 aromatic rings. The zero-order chi connectivity index (χ0) is 36.6. The maximum Gasteiger partial charge on any atom is 4.00 e. The molecule has 13 heteroatoms. The van der Waals surface area contributed by atoms with Crippen LogP contribution in [-0.2, 0) is 0 Å². The van der Waals surface area contributed by atoms with Crippen LogP contribution in [0, 0.1) is 39.9 Å². The molecular weight excluding hydrogens is 897 g/mol. The molecule has 0 bridgehead atoms. The summed E-state index contributed by atoms with van der Waals surface area (Å²) in [5.41, 5.74) is 2.30. The van der Waals surface area contributed by atoms with E-state index < -0.39 is 49.1 Å². The van der Waals surface area contributed by atoms with Crippen LogP contribution < -0.4 is 10.2 Å². The second kappa shape index (κ2) is 22.7. The van der Waals surface area contributed by atoms with Gasteiger partial charge in [-0.25, -0.2) is 0 Å². The SMILES string of the molecule is C[Si](C)(C)/N=C(/[N-][Si](C)(C)C)c1ccccc1.C[Si](C)(C)/N=C(/[N-][Si](C)(C)C)c1ccccc1.C[Si](C)(C)C[O-].C[Si](C)(C)C[O-].[Th+4]. The molecule has 0 aliphatic carbocycles. The van der Waals surface area contributed by atoms with Crippen LogP contribution in [0.4, 0.5) is 0 Å². The van der Waals surface area contributed by atoms with Crippen LogP contribution in [0.3, 0.4) is 0 Å². The summed E-state index contributed by atoms with van der Waals surface area (Å²) in [5.74, 6) is 1.92. The third-order valence-electron chi connectivity index (χ3n) is 4.70. The normalized spacial score (nSPS) is 12.9. The first kappa shape index (κ1) is 51.3. The van der Waals surface area contributed by atoms with Gasteiger partial charge in [0, 0.05) is 49.1 Å². The van der Waals surface area contributed by atoms with Crippen LogP contribution in [0.25, 0.3) is 9.96 Å². The molecule has 0 N–H and O–H groups in total. The molecule has 0 aliphatic heterocycles. The van der Waals surface area contributed by atoms with E-state index in [0.29, 0.717) is 0 Å². The van der Waals surface area contributed by atoms with Crippen molar-refractivity contribution in [2.45, 2.75) is 118 Å². The number of amidine groups is 2. The fraction of sp³-hybridized carbons (Fsp3) is 0.588. The first-order valence-electron chi connectivity index (χ1n) is 16.4. The summed E-state index contributed by atoms with van der Waals surface area (Å²) < 4.78 is 9.78. The van der Waals surface area contributed by atoms with E-state index in [1.54, 1.807) is 0 Å². The molecule has 0 atom stereocenters. The van der Waals surface area contributed by atoms with Gasteiger partial charge in [0.2, 0.25) is 0 Å². The van der Waals surface area contributed by atoms with Crippen molar-refractivity contribution in [1.29, 1.82) is 0 Å². The van der Waals surface area contributed by atoms with Gasteiger partial charge in [-0.05, 0) is 11.1 Å². The Morgan fingerprint density at radius 3 is 0.830 bits per heavy atom. The first-order valence-corrected chi connectivity index (χ1v) is 37.6. The molecule has 6 nitrogen and oxygen atoms in total. The molecule has 0 aromatic heterocycles. The zero-order valence-electron chi connectivity index (χ0n) is 33.3. The summed E-state index contributed by atoms with van der Waals surface area (Å²) in [6.07, 6.45) is 0.319. The number of nitrogens with zero attached hydrogens (tertiary/aromatic N) is 4. The van der Waals surface area contributed by atoms with Crippen LogP contribution in [0.15, 0.2) is 70.0 Å². The van der Waals surface area contributed by atoms with Crippen molar-refractivity contribution in [3.05, 3.63) is 81.8 Å². The summed E-state index contributed by atoms with van der Waals surface area (Å²) in [6.45, 7) is 39.4. The van der Waals surface area contributed by atoms with Crippen molar-refractivity contribution < 1.29 is 50.2 Å². The van der Waals surface area contributed by atoms with Gasteiger partial charge in [0.25, 0.3) is 0 Å². The van der Waals surface area contributed by atoms with Crippen molar-refractivity contribution in [2.75, 3.05) is 12.5 Å². The summed E-state index contributed by atoms with van der Waals surface area (Å²) in [4.78, 5) is 9.78. The maximum absolute atomic E-state index is 10.0. The summed E-state index contributed by atoms with van der Waals surface area (Å²) in [7, 11) is -8.32. The van der Waals surface area contributed by atoms with Crippen molar-refractivity contribution in [2.24, 2.45) is 9.32 Å². The average molecular weight is 965 g/mol. The van der Waals surface area contributed by atoms with Gasteiger partial charge in [-0.1, -0.05) is 190 Å². The minimum Gasteiger partial charge on any atom is -0.857 e. The fourth-order valence-corrected chi connectivity index (χ4v) is 6.21. The molecule has 264 valence electrons. The minimum absolute atomic E-state index is 0. The third kappa shape index (κ3) is 35.6. The van der Waals surface area contributed by atoms with E-state index in [-0.39, 0.29) is 52.4 Å². The van der Waals surface area contributed by atoms with Crippen LogP contribution in [0.1, 0.15) is 11.1 Å². The molecule has 0 spiro atoms. The standard InChI is InChI=1S/2C13H23N2Si2.2C4H11OSi.Th/c2*1-16(2,3)14-13(15-17(4,5)6)12-10-8-7-9-11-12;2*1-6(2,3)4-5;/h2*7-11H,1-6H3;2*4H2,1-3H3;/q4*-1;+4. The van der Waals surface area contributed by atoms with Gasteiger partial charge in [-0.15, -0.1) is 12.5 Å². The molecule has 0 saturated carbocycles. The fourth-order valence-electron chi connectivity index (χ4n) is 2.75. The second-order valence-electron chi connectivity index (χ2n) is 17.9. The quantitative estimate of drug-likeness (QED) is 0.150. The average Bonchev–Trinajstić information content (AvgIpc) is 2.86. The minimum atomic E-state index is -1.49. The molecule has 0 saturated heterocycles. The number of hydrogen-bond donors (Lipinski definition) is 0. The summed E-state index contributed by atoms with van der Waals surface area (Å²) >= 11 is 0. The Hall–Kier alpha value is -0.0740. The Bertz CT molecular complexity index is 1070. The van der Waals surface area contributed by atoms with Gasteiger partial charge in [0.05, 0.1) is 0 Å². The van der Waals surface area contributed by atoms with Gasteiger partial charge < -0.3 is 29.5 Å². The van der Waals surface area contributed by atoms with Crippen molar-refractivity contribution in [3.63, 3.8) is 0 Å². The van der Waals surface area contributed by atoms with Crippen LogP contribution in [0.2, 0.25) is 118 Å². The summed E-state index contributed by atoms with van der Waals surface area (Å²) in [5, 5.41) is 20.0. The number of rotatable bonds is 8. The smallest absolute Gasteiger partial charge is 0.857 e. The number of benzene rings is 2. The molecule has 2 aromatic carbocycles. The van der Waals surface area contributed by atoms with Crippen LogP contribution in [-0.4, -0.2) is 73.2 Å². The second-order valence-corrected chi connectivity index (χ2v) is 47.0. The van der Waals surface area contributed by atoms with Crippen molar-refractivity contribution in [1.82, 2.24) is 0 Å². The molecule has 0 aliphatic rings. The van der Waals surface area contributed by atoms with Crippen LogP contribution in [0.5, 0.6) is 0 Å². The Labute approximate surface area is 329 Å². The van der Waals surface area contributed by atoms with Gasteiger partial charge in [0.15, 0.2) is 0 Å². The molecule has 47 heavy (non-hydrogen) atoms. The molecule has 0 amide bonds. The van der Waals surface area contributed by atoms with E-state index in [2.05, 4.69) is 166 Å². The molecule has 2 rings (SSSR count). The largest absolute Gasteiger partial charge is 4.00 e. The van der Waals surface area contributed by atoms with Gasteiger partial charge in [-0.3, -0.25) is 0 Å². The van der Waals surface area contributed by atoms with E-state index in [0.717, 1.165) is 22.8 Å². The van der Waals surface area contributed by atoms with Gasteiger partial charge >= 0.3 is 39.9 Å². The summed E-state index contributed by atoms with van der Waals surface area (Å²) in [6, 6.07) is 20.7. The van der Waals surface area contributed by atoms with Gasteiger partial charge in [0.1, 0.15) is 0 Å². The van der Waals surface area contributed by atoms with E-state index in [1.807, 2.05) is 12.1 Å². The Morgan fingerprint density at radius 1 is 0.468 bits per heavy atom. The van der Waals surface area contributed by atoms with E-state index >= 15 is 0 Å². The molecular formula is C34H68N4O2Si6Th. The van der Waals surface area contributed by atoms with E-state index in [1.165, 1.54) is 0 Å². The molecule has 0 fully saturated rings. The van der Waals surface area contributed by atoms with E-state index in [9.17, 15) is 10.2 Å². The monoisotopic (exact) mass is 964 g/mol. The Balaban J connectivity index is -0.000000606. The molecule has 0 radical (unpaired) electrons. The first-order chi connectivity index (χ1) is 20.5. The van der Waals surface area contributed by atoms with Crippen molar-refractivity contribution in [3.8, 4) is 0 Å². The van der Waals surface area contributed by atoms with Crippen LogP contribution >= 0.6 is 0 Å². The molecule has 0 heterocycles. The topological polar surface area (TPSA) is 99.0 Å². The van der Waals surface area contributed by atoms with Crippen molar-refractivity contribution >= 4 is 60.8 Å². The van der Waals surface area contributed by atoms with Gasteiger partial charge in [-0.2, -0.15) is 0 Å². The maximum atomic E-state index is 10.0. The Morgan fingerprint density at radius 2 is 0.681 bits per heavy atom. The zero-order valence-corrected chi connectivity index (χ0v) is 43.4. The number of hydrogen-bond acceptors (Lipinski definition) is 4. The third-order valence-corrected chi connectivity index (χ3v) is 9.96. The molecule has 0 unspecified atom stereocenters. The predicted octanol–water partition coefficient (Wildman–Crippen LogP) is 9.40. The Kier molecular flexibility index (Phi) is 24.8. The van der Waals surface area contributed by atoms with E-state index in [4.69, 9.17) is 19.3 Å².